The molecule has 0 aliphatic carbocycles. The SMILES string of the molecule is NC(=O)OOC(=O)Nc1ccccc1. The second-order valence-corrected chi connectivity index (χ2v) is 2.26. The quantitative estimate of drug-likeness (QED) is 0.522. The van der Waals surface area contributed by atoms with E-state index in [1.54, 1.807) is 30.3 Å². The van der Waals surface area contributed by atoms with E-state index in [-0.39, 0.29) is 0 Å². The summed E-state index contributed by atoms with van der Waals surface area (Å²) in [5, 5.41) is 2.30. The Morgan fingerprint density at radius 2 is 1.79 bits per heavy atom. The number of rotatable bonds is 1. The Bertz CT molecular complexity index is 325. The number of carbonyl (C=O) groups excluding carboxylic acids is 2. The van der Waals surface area contributed by atoms with E-state index in [0.29, 0.717) is 5.69 Å². The fraction of sp³-hybridized carbons (Fsp3) is 0. The second-order valence-electron chi connectivity index (χ2n) is 2.26. The summed E-state index contributed by atoms with van der Waals surface area (Å²) in [6.45, 7) is 0. The van der Waals surface area contributed by atoms with Crippen molar-refractivity contribution in [3.63, 3.8) is 0 Å². The van der Waals surface area contributed by atoms with Crippen molar-refractivity contribution < 1.29 is 19.4 Å². The minimum Gasteiger partial charge on any atom is -0.332 e. The number of benzene rings is 1. The van der Waals surface area contributed by atoms with E-state index in [4.69, 9.17) is 0 Å². The zero-order valence-electron chi connectivity index (χ0n) is 7.10. The van der Waals surface area contributed by atoms with Gasteiger partial charge in [-0.25, -0.2) is 19.4 Å². The molecule has 0 atom stereocenters. The van der Waals surface area contributed by atoms with E-state index in [1.165, 1.54) is 0 Å². The van der Waals surface area contributed by atoms with E-state index in [9.17, 15) is 9.59 Å². The molecule has 1 aromatic carbocycles. The number of hydrogen-bond donors (Lipinski definition) is 2. The lowest BCUT2D eigenvalue weighted by Crippen LogP contribution is -2.20. The topological polar surface area (TPSA) is 90.7 Å². The average Bonchev–Trinajstić information content (AvgIpc) is 2.16. The highest BCUT2D eigenvalue weighted by Gasteiger charge is 2.05. The molecule has 74 valence electrons. The number of hydrogen-bond acceptors (Lipinski definition) is 4. The maximum Gasteiger partial charge on any atom is 0.454 e. The van der Waals surface area contributed by atoms with Crippen molar-refractivity contribution in [2.24, 2.45) is 5.73 Å². The molecule has 0 saturated carbocycles. The smallest absolute Gasteiger partial charge is 0.332 e. The molecule has 1 rings (SSSR count). The van der Waals surface area contributed by atoms with Gasteiger partial charge in [0.1, 0.15) is 0 Å². The molecular formula is C8H8N2O4. The third-order valence-electron chi connectivity index (χ3n) is 1.22. The average molecular weight is 196 g/mol. The molecule has 6 nitrogen and oxygen atoms in total. The first-order chi connectivity index (χ1) is 6.68. The first-order valence-corrected chi connectivity index (χ1v) is 3.68. The van der Waals surface area contributed by atoms with Gasteiger partial charge in [0.2, 0.25) is 0 Å². The summed E-state index contributed by atoms with van der Waals surface area (Å²) in [7, 11) is 0. The molecule has 0 spiro atoms. The maximum atomic E-state index is 10.9. The summed E-state index contributed by atoms with van der Waals surface area (Å²) in [6, 6.07) is 8.53. The molecule has 0 heterocycles. The van der Waals surface area contributed by atoms with Gasteiger partial charge in [-0.1, -0.05) is 18.2 Å². The van der Waals surface area contributed by atoms with Gasteiger partial charge >= 0.3 is 12.2 Å². The number of anilines is 1. The first-order valence-electron chi connectivity index (χ1n) is 3.68. The van der Waals surface area contributed by atoms with E-state index < -0.39 is 12.2 Å². The number of carbonyl (C=O) groups is 2. The third-order valence-corrected chi connectivity index (χ3v) is 1.22. The van der Waals surface area contributed by atoms with E-state index in [1.807, 2.05) is 0 Å². The molecule has 0 bridgehead atoms. The van der Waals surface area contributed by atoms with Crippen LogP contribution in [0.3, 0.4) is 0 Å². The fourth-order valence-electron chi connectivity index (χ4n) is 0.739. The van der Waals surface area contributed by atoms with Gasteiger partial charge in [-0.15, -0.1) is 0 Å². The molecule has 0 radical (unpaired) electrons. The maximum absolute atomic E-state index is 10.9. The second kappa shape index (κ2) is 4.70. The van der Waals surface area contributed by atoms with Crippen LogP contribution in [0.1, 0.15) is 0 Å². The molecule has 0 unspecified atom stereocenters. The van der Waals surface area contributed by atoms with Crippen molar-refractivity contribution in [3.8, 4) is 0 Å². The number of nitrogens with one attached hydrogen (secondary N) is 1. The zero-order chi connectivity index (χ0) is 10.4. The van der Waals surface area contributed by atoms with Crippen molar-refractivity contribution >= 4 is 17.9 Å². The summed E-state index contributed by atoms with van der Waals surface area (Å²) >= 11 is 0. The van der Waals surface area contributed by atoms with Crippen LogP contribution in [0.4, 0.5) is 15.3 Å². The van der Waals surface area contributed by atoms with Crippen LogP contribution in [-0.4, -0.2) is 12.2 Å². The summed E-state index contributed by atoms with van der Waals surface area (Å²) in [5.41, 5.74) is 5.09. The Kier molecular flexibility index (Phi) is 3.31. The molecule has 2 amide bonds. The van der Waals surface area contributed by atoms with Crippen LogP contribution < -0.4 is 11.1 Å². The van der Waals surface area contributed by atoms with Crippen molar-refractivity contribution in [3.05, 3.63) is 30.3 Å². The highest BCUT2D eigenvalue weighted by molar-refractivity contribution is 5.84. The first kappa shape index (κ1) is 9.85. The molecule has 14 heavy (non-hydrogen) atoms. The normalized spacial score (nSPS) is 8.86. The highest BCUT2D eigenvalue weighted by atomic mass is 17.2. The van der Waals surface area contributed by atoms with Crippen molar-refractivity contribution in [2.45, 2.75) is 0 Å². The lowest BCUT2D eigenvalue weighted by molar-refractivity contribution is -0.170. The molecule has 0 aliphatic rings. The van der Waals surface area contributed by atoms with E-state index in [2.05, 4.69) is 20.8 Å². The number of primary amides is 1. The number of nitrogens with two attached hydrogens (primary N) is 1. The van der Waals surface area contributed by atoms with Gasteiger partial charge in [-0.2, -0.15) is 0 Å². The van der Waals surface area contributed by atoms with Crippen LogP contribution in [0.15, 0.2) is 30.3 Å². The van der Waals surface area contributed by atoms with Gasteiger partial charge in [0.15, 0.2) is 0 Å². The summed E-state index contributed by atoms with van der Waals surface area (Å²) in [6.07, 6.45) is -2.11. The molecule has 3 N–H and O–H groups in total. The lowest BCUT2D eigenvalue weighted by atomic mass is 10.3. The van der Waals surface area contributed by atoms with Gasteiger partial charge in [0.05, 0.1) is 0 Å². The Morgan fingerprint density at radius 1 is 1.14 bits per heavy atom. The van der Waals surface area contributed by atoms with Crippen molar-refractivity contribution in [1.82, 2.24) is 0 Å². The fourth-order valence-corrected chi connectivity index (χ4v) is 0.739. The van der Waals surface area contributed by atoms with Crippen LogP contribution in [0.2, 0.25) is 0 Å². The van der Waals surface area contributed by atoms with Crippen LogP contribution in [-0.2, 0) is 9.78 Å². The summed E-state index contributed by atoms with van der Waals surface area (Å²) < 4.78 is 0. The molecule has 1 aromatic rings. The minimum absolute atomic E-state index is 0.519. The zero-order valence-corrected chi connectivity index (χ0v) is 7.10. The molecule has 6 heteroatoms. The summed E-state index contributed by atoms with van der Waals surface area (Å²) in [4.78, 5) is 28.7. The number of para-hydroxylation sites is 1. The molecular weight excluding hydrogens is 188 g/mol. The van der Waals surface area contributed by atoms with Gasteiger partial charge in [-0.3, -0.25) is 5.32 Å². The van der Waals surface area contributed by atoms with Gasteiger partial charge in [0, 0.05) is 5.69 Å². The minimum atomic E-state index is -1.19. The molecule has 0 aliphatic heterocycles. The van der Waals surface area contributed by atoms with Crippen LogP contribution in [0, 0.1) is 0 Å². The Balaban J connectivity index is 2.38. The van der Waals surface area contributed by atoms with Crippen LogP contribution in [0.25, 0.3) is 0 Å². The van der Waals surface area contributed by atoms with Crippen LogP contribution in [0.5, 0.6) is 0 Å². The number of amides is 2. The van der Waals surface area contributed by atoms with Gasteiger partial charge < -0.3 is 5.73 Å². The summed E-state index contributed by atoms with van der Waals surface area (Å²) in [5.74, 6) is 0. The predicted molar refractivity (Wildman–Crippen MR) is 47.2 cm³/mol. The molecule has 0 aromatic heterocycles. The molecule has 0 fully saturated rings. The van der Waals surface area contributed by atoms with E-state index in [0.717, 1.165) is 0 Å². The standard InChI is InChI=1S/C8H8N2O4/c9-7(11)13-14-8(12)10-6-4-2-1-3-5-6/h1-5H,(H2,9,11)(H,10,12). The largest absolute Gasteiger partial charge is 0.454 e. The monoisotopic (exact) mass is 196 g/mol. The van der Waals surface area contributed by atoms with Crippen LogP contribution >= 0.6 is 0 Å². The van der Waals surface area contributed by atoms with E-state index >= 15 is 0 Å². The Morgan fingerprint density at radius 3 is 2.36 bits per heavy atom. The van der Waals surface area contributed by atoms with Crippen molar-refractivity contribution in [1.29, 1.82) is 0 Å². The highest BCUT2D eigenvalue weighted by Crippen LogP contribution is 2.04. The third kappa shape index (κ3) is 3.44. The van der Waals surface area contributed by atoms with Gasteiger partial charge in [0.25, 0.3) is 0 Å². The van der Waals surface area contributed by atoms with Gasteiger partial charge in [-0.05, 0) is 12.1 Å². The Hall–Kier alpha value is -2.24. The lowest BCUT2D eigenvalue weighted by Gasteiger charge is -2.02. The molecule has 0 saturated heterocycles. The van der Waals surface area contributed by atoms with Crippen molar-refractivity contribution in [2.75, 3.05) is 5.32 Å². The Labute approximate surface area is 79.5 Å². The predicted octanol–water partition coefficient (Wildman–Crippen LogP) is 1.25.